The minimum absolute atomic E-state index is 0.392. The van der Waals surface area contributed by atoms with Gasteiger partial charge in [-0.3, -0.25) is 4.79 Å². The summed E-state index contributed by atoms with van der Waals surface area (Å²) >= 11 is 0. The number of ether oxygens (including phenoxy) is 7. The van der Waals surface area contributed by atoms with Crippen molar-refractivity contribution in [3.8, 4) is 11.5 Å². The van der Waals surface area contributed by atoms with E-state index in [1.165, 1.54) is 7.11 Å². The van der Waals surface area contributed by atoms with Crippen LogP contribution >= 0.6 is 0 Å². The zero-order valence-corrected chi connectivity index (χ0v) is 17.4. The molecule has 29 heavy (non-hydrogen) atoms. The van der Waals surface area contributed by atoms with Crippen molar-refractivity contribution in [2.45, 2.75) is 70.0 Å². The van der Waals surface area contributed by atoms with Crippen LogP contribution in [0.4, 0.5) is 5.69 Å². The van der Waals surface area contributed by atoms with Gasteiger partial charge in [-0.15, -0.1) is 0 Å². The third kappa shape index (κ3) is 3.80. The third-order valence-corrected chi connectivity index (χ3v) is 5.08. The molecule has 1 aromatic carbocycles. The van der Waals surface area contributed by atoms with Gasteiger partial charge in [0.05, 0.1) is 19.9 Å². The number of rotatable bonds is 4. The van der Waals surface area contributed by atoms with E-state index in [-0.39, 0.29) is 0 Å². The standard InChI is InChI=1S/C20H27NO8/c1-19(2)26-13-14(27-19)16-18(29-20(3,4)28-16)25-15(13)17(22)21-11-8-7-10(23-5)9-12(11)24-6/h7-9,13-16,18H,1-6H3,(H,21,22)/t13-,14-,15-,16-,18-/m1/s1. The summed E-state index contributed by atoms with van der Waals surface area (Å²) in [4.78, 5) is 13.1. The molecule has 0 bridgehead atoms. The highest BCUT2D eigenvalue weighted by molar-refractivity contribution is 5.96. The lowest BCUT2D eigenvalue weighted by molar-refractivity contribution is -0.229. The van der Waals surface area contributed by atoms with E-state index in [9.17, 15) is 4.79 Å². The van der Waals surface area contributed by atoms with Crippen LogP contribution in [-0.2, 0) is 28.5 Å². The maximum atomic E-state index is 13.1. The molecule has 0 saturated carbocycles. The molecule has 3 aliphatic heterocycles. The van der Waals surface area contributed by atoms with Crippen LogP contribution in [0.1, 0.15) is 27.7 Å². The summed E-state index contributed by atoms with van der Waals surface area (Å²) in [5, 5.41) is 2.85. The Kier molecular flexibility index (Phi) is 4.99. The van der Waals surface area contributed by atoms with Crippen LogP contribution in [0.25, 0.3) is 0 Å². The van der Waals surface area contributed by atoms with Gasteiger partial charge in [0.2, 0.25) is 0 Å². The van der Waals surface area contributed by atoms with Crippen molar-refractivity contribution in [3.63, 3.8) is 0 Å². The van der Waals surface area contributed by atoms with E-state index < -0.39 is 48.2 Å². The van der Waals surface area contributed by atoms with Gasteiger partial charge in [0.1, 0.15) is 29.8 Å². The fraction of sp³-hybridized carbons (Fsp3) is 0.650. The first-order valence-corrected chi connectivity index (χ1v) is 9.52. The van der Waals surface area contributed by atoms with E-state index in [1.54, 1.807) is 53.0 Å². The van der Waals surface area contributed by atoms with Gasteiger partial charge in [0, 0.05) is 6.07 Å². The second-order valence-corrected chi connectivity index (χ2v) is 8.15. The zero-order chi connectivity index (χ0) is 21.0. The van der Waals surface area contributed by atoms with Gasteiger partial charge in [-0.1, -0.05) is 0 Å². The third-order valence-electron chi connectivity index (χ3n) is 5.08. The highest BCUT2D eigenvalue weighted by atomic mass is 16.9. The monoisotopic (exact) mass is 409 g/mol. The number of hydrogen-bond donors (Lipinski definition) is 1. The first-order chi connectivity index (χ1) is 13.6. The Morgan fingerprint density at radius 3 is 2.28 bits per heavy atom. The molecule has 5 atom stereocenters. The molecule has 4 rings (SSSR count). The molecule has 0 aromatic heterocycles. The van der Waals surface area contributed by atoms with E-state index in [0.29, 0.717) is 17.2 Å². The predicted octanol–water partition coefficient (Wildman–Crippen LogP) is 2.04. The van der Waals surface area contributed by atoms with Crippen LogP contribution in [0, 0.1) is 0 Å². The molecule has 9 heteroatoms. The Labute approximate surface area is 169 Å². The lowest BCUT2D eigenvalue weighted by atomic mass is 9.98. The molecule has 1 aromatic rings. The maximum Gasteiger partial charge on any atom is 0.256 e. The number of carbonyl (C=O) groups is 1. The van der Waals surface area contributed by atoms with E-state index in [1.807, 2.05) is 0 Å². The van der Waals surface area contributed by atoms with Crippen molar-refractivity contribution in [1.29, 1.82) is 0 Å². The minimum Gasteiger partial charge on any atom is -0.497 e. The Hall–Kier alpha value is -1.91. The summed E-state index contributed by atoms with van der Waals surface area (Å²) < 4.78 is 40.3. The Morgan fingerprint density at radius 1 is 0.931 bits per heavy atom. The molecule has 1 amide bonds. The minimum atomic E-state index is -0.952. The van der Waals surface area contributed by atoms with Gasteiger partial charge in [0.25, 0.3) is 5.91 Å². The summed E-state index contributed by atoms with van der Waals surface area (Å²) in [5.41, 5.74) is 0.489. The lowest BCUT2D eigenvalue weighted by Crippen LogP contribution is -2.58. The Balaban J connectivity index is 1.58. The summed E-state index contributed by atoms with van der Waals surface area (Å²) in [6.07, 6.45) is -3.33. The van der Waals surface area contributed by atoms with Crippen molar-refractivity contribution in [3.05, 3.63) is 18.2 Å². The normalized spacial score (nSPS) is 34.2. The first kappa shape index (κ1) is 20.4. The highest BCUT2D eigenvalue weighted by Gasteiger charge is 2.62. The SMILES string of the molecule is COc1ccc(NC(=O)[C@@H]2O[C@@H]3OC(C)(C)O[C@@H]3[C@@H]3OC(C)(C)O[C@H]32)c(OC)c1. The van der Waals surface area contributed by atoms with Crippen LogP contribution in [0.3, 0.4) is 0 Å². The van der Waals surface area contributed by atoms with Crippen molar-refractivity contribution in [2.24, 2.45) is 0 Å². The molecular formula is C20H27NO8. The molecule has 9 nitrogen and oxygen atoms in total. The van der Waals surface area contributed by atoms with Gasteiger partial charge in [-0.05, 0) is 39.8 Å². The molecule has 3 heterocycles. The molecule has 0 aliphatic carbocycles. The second kappa shape index (κ2) is 7.10. The van der Waals surface area contributed by atoms with Gasteiger partial charge in [0.15, 0.2) is 24.0 Å². The average Bonchev–Trinajstić information content (AvgIpc) is 3.14. The summed E-state index contributed by atoms with van der Waals surface area (Å²) in [6.45, 7) is 7.18. The van der Waals surface area contributed by atoms with Gasteiger partial charge >= 0.3 is 0 Å². The number of carbonyl (C=O) groups excluding carboxylic acids is 1. The molecule has 3 aliphatic rings. The quantitative estimate of drug-likeness (QED) is 0.808. The van der Waals surface area contributed by atoms with E-state index in [0.717, 1.165) is 0 Å². The van der Waals surface area contributed by atoms with Crippen LogP contribution < -0.4 is 14.8 Å². The molecular weight excluding hydrogens is 382 g/mol. The zero-order valence-electron chi connectivity index (χ0n) is 17.4. The number of nitrogens with one attached hydrogen (secondary N) is 1. The highest BCUT2D eigenvalue weighted by Crippen LogP contribution is 2.44. The molecule has 0 radical (unpaired) electrons. The fourth-order valence-electron chi connectivity index (χ4n) is 3.93. The van der Waals surface area contributed by atoms with Crippen molar-refractivity contribution >= 4 is 11.6 Å². The van der Waals surface area contributed by atoms with Crippen molar-refractivity contribution in [2.75, 3.05) is 19.5 Å². The summed E-state index contributed by atoms with van der Waals surface area (Å²) in [7, 11) is 3.08. The van der Waals surface area contributed by atoms with E-state index in [2.05, 4.69) is 5.32 Å². The topological polar surface area (TPSA) is 93.7 Å². The molecule has 0 spiro atoms. The number of methoxy groups -OCH3 is 2. The fourth-order valence-corrected chi connectivity index (χ4v) is 3.93. The maximum absolute atomic E-state index is 13.1. The summed E-state index contributed by atoms with van der Waals surface area (Å²) in [6, 6.07) is 5.12. The number of anilines is 1. The van der Waals surface area contributed by atoms with Crippen LogP contribution in [0.15, 0.2) is 18.2 Å². The molecule has 1 N–H and O–H groups in total. The largest absolute Gasteiger partial charge is 0.497 e. The first-order valence-electron chi connectivity index (χ1n) is 9.52. The molecule has 3 saturated heterocycles. The van der Waals surface area contributed by atoms with Crippen LogP contribution in [0.5, 0.6) is 11.5 Å². The average molecular weight is 409 g/mol. The summed E-state index contributed by atoms with van der Waals surface area (Å²) in [5.74, 6) is -1.03. The number of fused-ring (bicyclic) bond motifs is 3. The van der Waals surface area contributed by atoms with Gasteiger partial charge < -0.3 is 38.5 Å². The number of benzene rings is 1. The number of hydrogen-bond acceptors (Lipinski definition) is 8. The van der Waals surface area contributed by atoms with Crippen LogP contribution in [-0.4, -0.2) is 62.4 Å². The number of amides is 1. The molecule has 160 valence electrons. The predicted molar refractivity (Wildman–Crippen MR) is 101 cm³/mol. The molecule has 0 unspecified atom stereocenters. The van der Waals surface area contributed by atoms with Crippen molar-refractivity contribution in [1.82, 2.24) is 0 Å². The van der Waals surface area contributed by atoms with Crippen LogP contribution in [0.2, 0.25) is 0 Å². The van der Waals surface area contributed by atoms with E-state index in [4.69, 9.17) is 33.2 Å². The van der Waals surface area contributed by atoms with E-state index >= 15 is 0 Å². The lowest BCUT2D eigenvalue weighted by Gasteiger charge is -2.36. The van der Waals surface area contributed by atoms with Gasteiger partial charge in [-0.2, -0.15) is 0 Å². The smallest absolute Gasteiger partial charge is 0.256 e. The Morgan fingerprint density at radius 2 is 1.59 bits per heavy atom. The second-order valence-electron chi connectivity index (χ2n) is 8.15. The van der Waals surface area contributed by atoms with Gasteiger partial charge in [-0.25, -0.2) is 0 Å². The Bertz CT molecular complexity index is 795. The molecule has 3 fully saturated rings. The van der Waals surface area contributed by atoms with Crippen molar-refractivity contribution < 1.29 is 38.0 Å².